The van der Waals surface area contributed by atoms with E-state index in [0.717, 1.165) is 0 Å². The molecule has 0 aliphatic carbocycles. The summed E-state index contributed by atoms with van der Waals surface area (Å²) in [6, 6.07) is 4.97. The van der Waals surface area contributed by atoms with Crippen molar-refractivity contribution in [3.8, 4) is 11.5 Å². The Morgan fingerprint density at radius 1 is 1.20 bits per heavy atom. The van der Waals surface area contributed by atoms with Crippen LogP contribution < -0.4 is 0 Å². The van der Waals surface area contributed by atoms with E-state index in [2.05, 4.69) is 20.0 Å². The van der Waals surface area contributed by atoms with Gasteiger partial charge in [-0.2, -0.15) is 4.98 Å². The Balaban J connectivity index is 2.30. The van der Waals surface area contributed by atoms with Gasteiger partial charge in [0, 0.05) is 0 Å². The number of rotatable bonds is 1. The molecule has 0 N–H and O–H groups in total. The maximum absolute atomic E-state index is 7.06. The van der Waals surface area contributed by atoms with E-state index in [4.69, 9.17) is 34.3 Å². The highest BCUT2D eigenvalue weighted by atomic mass is 35.5. The molecule has 0 amide bonds. The molecule has 0 fully saturated rings. The van der Waals surface area contributed by atoms with Gasteiger partial charge in [0.25, 0.3) is 5.89 Å². The molecule has 7 heteroatoms. The highest BCUT2D eigenvalue weighted by Crippen LogP contribution is 2.34. The molecule has 3 rings (SSSR count). The molecule has 3 aromatic rings. The number of halogens is 2. The Bertz CT molecular complexity index is 867. The van der Waals surface area contributed by atoms with E-state index in [-0.39, 0.29) is 11.0 Å². The average Bonchev–Trinajstić information content (AvgIpc) is 2.85. The van der Waals surface area contributed by atoms with Crippen molar-refractivity contribution in [2.75, 3.05) is 0 Å². The summed E-state index contributed by atoms with van der Waals surface area (Å²) in [5.74, 6) is 0.787. The zero-order valence-corrected chi connectivity index (χ0v) is 11.7. The molecule has 0 unspecified atom stereocenters. The monoisotopic (exact) mass is 304 g/mol. The van der Waals surface area contributed by atoms with E-state index >= 15 is 0 Å². The lowest BCUT2D eigenvalue weighted by Crippen LogP contribution is -1.87. The van der Waals surface area contributed by atoms with Crippen LogP contribution >= 0.6 is 23.2 Å². The first-order valence-corrected chi connectivity index (χ1v) is 6.32. The largest absolute Gasteiger partial charge is 0.334 e. The molecule has 20 heavy (non-hydrogen) atoms. The van der Waals surface area contributed by atoms with Crippen molar-refractivity contribution in [3.05, 3.63) is 45.6 Å². The van der Waals surface area contributed by atoms with Crippen molar-refractivity contribution in [3.63, 3.8) is 0 Å². The van der Waals surface area contributed by atoms with Gasteiger partial charge in [-0.1, -0.05) is 28.4 Å². The summed E-state index contributed by atoms with van der Waals surface area (Å²) in [4.78, 5) is 11.7. The Morgan fingerprint density at radius 3 is 2.65 bits per heavy atom. The van der Waals surface area contributed by atoms with Crippen molar-refractivity contribution in [2.24, 2.45) is 0 Å². The molecule has 0 saturated heterocycles. The molecule has 0 bridgehead atoms. The summed E-state index contributed by atoms with van der Waals surface area (Å²) in [7, 11) is 0. The van der Waals surface area contributed by atoms with Crippen LogP contribution in [0.25, 0.3) is 27.2 Å². The summed E-state index contributed by atoms with van der Waals surface area (Å²) in [6.07, 6.45) is 0. The smallest absolute Gasteiger partial charge is 0.261 e. The summed E-state index contributed by atoms with van der Waals surface area (Å²) in [5, 5.41) is 5.01. The van der Waals surface area contributed by atoms with E-state index in [1.807, 2.05) is 0 Å². The maximum atomic E-state index is 7.06. The van der Waals surface area contributed by atoms with E-state index in [9.17, 15) is 0 Å². The van der Waals surface area contributed by atoms with Crippen LogP contribution in [0, 0.1) is 13.5 Å². The fraction of sp³-hybridized carbons (Fsp3) is 0.0769. The van der Waals surface area contributed by atoms with Gasteiger partial charge in [-0.25, -0.2) is 9.83 Å². The van der Waals surface area contributed by atoms with Crippen LogP contribution in [-0.4, -0.2) is 15.1 Å². The van der Waals surface area contributed by atoms with Gasteiger partial charge in [0.2, 0.25) is 0 Å². The van der Waals surface area contributed by atoms with Crippen molar-refractivity contribution < 1.29 is 4.52 Å². The Kier molecular flexibility index (Phi) is 3.05. The third kappa shape index (κ3) is 2.09. The zero-order chi connectivity index (χ0) is 14.3. The SMILES string of the molecule is [C-]#[N+]c1cc(Cl)c2nc(Cl)c(-c3nc(C)no3)cc2c1. The van der Waals surface area contributed by atoms with Crippen LogP contribution in [0.4, 0.5) is 5.69 Å². The van der Waals surface area contributed by atoms with Crippen LogP contribution in [0.2, 0.25) is 10.2 Å². The van der Waals surface area contributed by atoms with Gasteiger partial charge >= 0.3 is 0 Å². The number of fused-ring (bicyclic) bond motifs is 1. The van der Waals surface area contributed by atoms with E-state index in [1.54, 1.807) is 25.1 Å². The van der Waals surface area contributed by atoms with Gasteiger partial charge in [0.15, 0.2) is 11.5 Å². The molecule has 1 aromatic carbocycles. The van der Waals surface area contributed by atoms with E-state index in [0.29, 0.717) is 33.0 Å². The lowest BCUT2D eigenvalue weighted by molar-refractivity contribution is 0.425. The van der Waals surface area contributed by atoms with Gasteiger partial charge in [-0.3, -0.25) is 0 Å². The molecule has 98 valence electrons. The highest BCUT2D eigenvalue weighted by molar-refractivity contribution is 6.36. The number of nitrogens with zero attached hydrogens (tertiary/aromatic N) is 4. The zero-order valence-electron chi connectivity index (χ0n) is 10.2. The van der Waals surface area contributed by atoms with Crippen molar-refractivity contribution in [1.82, 2.24) is 15.1 Å². The first kappa shape index (κ1) is 12.9. The Labute approximate surface area is 124 Å². The van der Waals surface area contributed by atoms with E-state index in [1.165, 1.54) is 0 Å². The van der Waals surface area contributed by atoms with Crippen molar-refractivity contribution in [1.29, 1.82) is 0 Å². The van der Waals surface area contributed by atoms with Crippen LogP contribution in [-0.2, 0) is 0 Å². The second-order valence-corrected chi connectivity index (χ2v) is 4.85. The fourth-order valence-electron chi connectivity index (χ4n) is 1.83. The minimum Gasteiger partial charge on any atom is -0.334 e. The van der Waals surface area contributed by atoms with Gasteiger partial charge in [0.05, 0.1) is 22.7 Å². The van der Waals surface area contributed by atoms with Gasteiger partial charge in [-0.05, 0) is 30.5 Å². The van der Waals surface area contributed by atoms with Crippen LogP contribution in [0.1, 0.15) is 5.82 Å². The summed E-state index contributed by atoms with van der Waals surface area (Å²) < 4.78 is 5.09. The molecule has 0 spiro atoms. The van der Waals surface area contributed by atoms with Crippen LogP contribution in [0.5, 0.6) is 0 Å². The van der Waals surface area contributed by atoms with E-state index < -0.39 is 0 Å². The number of hydrogen-bond acceptors (Lipinski definition) is 4. The number of aryl methyl sites for hydroxylation is 1. The first-order chi connectivity index (χ1) is 9.58. The maximum Gasteiger partial charge on any atom is 0.261 e. The normalized spacial score (nSPS) is 10.7. The molecule has 2 aromatic heterocycles. The number of aromatic nitrogens is 3. The predicted molar refractivity (Wildman–Crippen MR) is 76.1 cm³/mol. The summed E-state index contributed by atoms with van der Waals surface area (Å²) in [5.41, 5.74) is 1.47. The van der Waals surface area contributed by atoms with Crippen molar-refractivity contribution >= 4 is 39.8 Å². The predicted octanol–water partition coefficient (Wildman–Crippen LogP) is 4.45. The molecule has 0 aliphatic heterocycles. The Hall–Kier alpha value is -2.16. The first-order valence-electron chi connectivity index (χ1n) is 5.56. The van der Waals surface area contributed by atoms with Crippen molar-refractivity contribution in [2.45, 2.75) is 6.92 Å². The molecular weight excluding hydrogens is 299 g/mol. The lowest BCUT2D eigenvalue weighted by atomic mass is 10.1. The standard InChI is InChI=1S/C13H6Cl2N4O/c1-6-17-13(20-19-6)9-4-7-3-8(16-2)5-10(14)11(7)18-12(9)15/h3-5H,1H3. The molecule has 0 aliphatic rings. The molecule has 5 nitrogen and oxygen atoms in total. The van der Waals surface area contributed by atoms with Crippen LogP contribution in [0.3, 0.4) is 0 Å². The topological polar surface area (TPSA) is 56.2 Å². The summed E-state index contributed by atoms with van der Waals surface area (Å²) >= 11 is 12.2. The van der Waals surface area contributed by atoms with Crippen LogP contribution in [0.15, 0.2) is 22.7 Å². The third-order valence-electron chi connectivity index (χ3n) is 2.70. The number of pyridine rings is 1. The quantitative estimate of drug-likeness (QED) is 0.492. The van der Waals surface area contributed by atoms with Gasteiger partial charge in [-0.15, -0.1) is 0 Å². The average molecular weight is 305 g/mol. The van der Waals surface area contributed by atoms with Gasteiger partial charge < -0.3 is 4.52 Å². The Morgan fingerprint density at radius 2 is 2.00 bits per heavy atom. The second kappa shape index (κ2) is 4.75. The number of hydrogen-bond donors (Lipinski definition) is 0. The highest BCUT2D eigenvalue weighted by Gasteiger charge is 2.15. The summed E-state index contributed by atoms with van der Waals surface area (Å²) in [6.45, 7) is 8.77. The van der Waals surface area contributed by atoms with Gasteiger partial charge in [0.1, 0.15) is 5.15 Å². The minimum absolute atomic E-state index is 0.221. The molecule has 0 saturated carbocycles. The number of benzene rings is 1. The lowest BCUT2D eigenvalue weighted by Gasteiger charge is -2.04. The molecule has 0 radical (unpaired) electrons. The third-order valence-corrected chi connectivity index (χ3v) is 3.27. The second-order valence-electron chi connectivity index (χ2n) is 4.08. The molecule has 0 atom stereocenters. The molecular formula is C13H6Cl2N4O. The fourth-order valence-corrected chi connectivity index (χ4v) is 2.31. The minimum atomic E-state index is 0.221. The molecule has 2 heterocycles.